The summed E-state index contributed by atoms with van der Waals surface area (Å²) in [5, 5.41) is 0. The summed E-state index contributed by atoms with van der Waals surface area (Å²) < 4.78 is 0. The normalized spacial score (nSPS) is 14.5. The maximum Gasteiger partial charge on any atom is 0.0725 e. The van der Waals surface area contributed by atoms with Crippen molar-refractivity contribution in [3.63, 3.8) is 0 Å². The minimum atomic E-state index is -0.427. The summed E-state index contributed by atoms with van der Waals surface area (Å²) in [6.07, 6.45) is 0. The molecular formula is C66H57N. The first-order chi connectivity index (χ1) is 32.2. The monoisotopic (exact) mass is 863 g/mol. The summed E-state index contributed by atoms with van der Waals surface area (Å²) >= 11 is 0. The average molecular weight is 864 g/mol. The Labute approximate surface area is 397 Å². The lowest BCUT2D eigenvalue weighted by Gasteiger charge is -2.33. The quantitative estimate of drug-likeness (QED) is 0.167. The Balaban J connectivity index is 1.02. The number of hydrogen-bond acceptors (Lipinski definition) is 1. The molecule has 12 rings (SSSR count). The molecule has 1 heteroatoms. The van der Waals surface area contributed by atoms with Crippen LogP contribution < -0.4 is 4.90 Å². The van der Waals surface area contributed by atoms with E-state index in [2.05, 4.69) is 260 Å². The van der Waals surface area contributed by atoms with Crippen LogP contribution in [0.4, 0.5) is 17.1 Å². The van der Waals surface area contributed by atoms with Gasteiger partial charge >= 0.3 is 0 Å². The summed E-state index contributed by atoms with van der Waals surface area (Å²) in [5.74, 6) is 0. The second-order valence-corrected chi connectivity index (χ2v) is 21.8. The topological polar surface area (TPSA) is 3.24 Å². The van der Waals surface area contributed by atoms with E-state index in [1.54, 1.807) is 0 Å². The fourth-order valence-electron chi connectivity index (χ4n) is 11.8. The van der Waals surface area contributed by atoms with E-state index in [1.807, 2.05) is 0 Å². The Morgan fingerprint density at radius 2 is 0.761 bits per heavy atom. The number of anilines is 3. The van der Waals surface area contributed by atoms with Crippen molar-refractivity contribution in [1.29, 1.82) is 0 Å². The van der Waals surface area contributed by atoms with Crippen molar-refractivity contribution >= 4 is 17.1 Å². The standard InChI is InChI=1S/C66H57N/c1-63(2,3)46-28-33-54-55-34-29-47(64(4,5)6)40-62(55)66(61(54)39-46)58-24-15-13-22-52(58)56-38-45(27-36-59(56)66)44-19-16-20-49(37-44)67(48-30-25-43(26-31-48)42-17-10-9-11-18-42)50-32-35-53-51-21-12-14-23-57(51)65(7,8)60(53)41-50/h9-41H,1-8H3. The molecule has 0 heterocycles. The van der Waals surface area contributed by atoms with E-state index in [0.29, 0.717) is 0 Å². The molecule has 0 N–H and O–H groups in total. The lowest BCUT2D eigenvalue weighted by Crippen LogP contribution is -2.27. The number of hydrogen-bond donors (Lipinski definition) is 0. The highest BCUT2D eigenvalue weighted by molar-refractivity contribution is 5.97. The van der Waals surface area contributed by atoms with Crippen molar-refractivity contribution in [3.05, 3.63) is 245 Å². The first-order valence-electron chi connectivity index (χ1n) is 24.1. The van der Waals surface area contributed by atoms with Crippen LogP contribution in [0.25, 0.3) is 55.6 Å². The van der Waals surface area contributed by atoms with E-state index in [1.165, 1.54) is 100 Å². The summed E-state index contributed by atoms with van der Waals surface area (Å²) in [6, 6.07) is 76.1. The van der Waals surface area contributed by atoms with Crippen molar-refractivity contribution in [3.8, 4) is 55.6 Å². The van der Waals surface area contributed by atoms with Crippen molar-refractivity contribution in [1.82, 2.24) is 0 Å². The van der Waals surface area contributed by atoms with Crippen molar-refractivity contribution in [2.24, 2.45) is 0 Å². The molecule has 0 aromatic heterocycles. The fraction of sp³-hybridized carbons (Fsp3) is 0.182. The summed E-state index contributed by atoms with van der Waals surface area (Å²) in [7, 11) is 0. The highest BCUT2D eigenvalue weighted by Crippen LogP contribution is 2.64. The van der Waals surface area contributed by atoms with Gasteiger partial charge in [-0.1, -0.05) is 213 Å². The molecule has 9 aromatic carbocycles. The highest BCUT2D eigenvalue weighted by atomic mass is 15.1. The Morgan fingerprint density at radius 1 is 0.299 bits per heavy atom. The van der Waals surface area contributed by atoms with Gasteiger partial charge in [0, 0.05) is 22.5 Å². The third-order valence-electron chi connectivity index (χ3n) is 15.4. The van der Waals surface area contributed by atoms with Crippen molar-refractivity contribution < 1.29 is 0 Å². The van der Waals surface area contributed by atoms with E-state index >= 15 is 0 Å². The van der Waals surface area contributed by atoms with E-state index in [4.69, 9.17) is 0 Å². The SMILES string of the molecule is CC(C)(C)c1ccc2c(c1)C1(c3ccccc3-c3cc(-c4cccc(N(c5ccc(-c6ccccc6)cc5)c5ccc6c(c5)C(C)(C)c5ccccc5-6)c4)ccc31)c1cc(C(C)(C)C)ccc1-2. The lowest BCUT2D eigenvalue weighted by molar-refractivity contribution is 0.586. The van der Waals surface area contributed by atoms with Crippen molar-refractivity contribution in [2.45, 2.75) is 77.0 Å². The van der Waals surface area contributed by atoms with E-state index in [9.17, 15) is 0 Å². The van der Waals surface area contributed by atoms with Gasteiger partial charge in [0.15, 0.2) is 0 Å². The van der Waals surface area contributed by atoms with Crippen molar-refractivity contribution in [2.75, 3.05) is 4.90 Å². The molecule has 3 aliphatic rings. The molecule has 9 aromatic rings. The molecule has 1 nitrogen and oxygen atoms in total. The minimum absolute atomic E-state index is 0.0101. The van der Waals surface area contributed by atoms with Gasteiger partial charge in [-0.25, -0.2) is 0 Å². The van der Waals surface area contributed by atoms with E-state index in [0.717, 1.165) is 17.1 Å². The van der Waals surface area contributed by atoms with Crippen LogP contribution in [0.15, 0.2) is 200 Å². The minimum Gasteiger partial charge on any atom is -0.310 e. The molecular weight excluding hydrogens is 807 g/mol. The zero-order valence-electron chi connectivity index (χ0n) is 40.0. The molecule has 0 radical (unpaired) electrons. The molecule has 0 saturated heterocycles. The van der Waals surface area contributed by atoms with E-state index < -0.39 is 5.41 Å². The molecule has 0 unspecified atom stereocenters. The maximum atomic E-state index is 2.54. The molecule has 3 aliphatic carbocycles. The molecule has 0 aliphatic heterocycles. The largest absolute Gasteiger partial charge is 0.310 e. The second kappa shape index (κ2) is 14.6. The number of nitrogens with zero attached hydrogens (tertiary/aromatic N) is 1. The van der Waals surface area contributed by atoms with Gasteiger partial charge in [-0.05, 0) is 153 Å². The van der Waals surface area contributed by atoms with Gasteiger partial charge in [-0.3, -0.25) is 0 Å². The van der Waals surface area contributed by atoms with Gasteiger partial charge in [0.1, 0.15) is 0 Å². The van der Waals surface area contributed by atoms with Gasteiger partial charge in [-0.2, -0.15) is 0 Å². The van der Waals surface area contributed by atoms with Crippen LogP contribution in [-0.2, 0) is 21.7 Å². The van der Waals surface area contributed by atoms with Gasteiger partial charge in [0.25, 0.3) is 0 Å². The Morgan fingerprint density at radius 3 is 1.42 bits per heavy atom. The first-order valence-corrected chi connectivity index (χ1v) is 24.1. The van der Waals surface area contributed by atoms with Crippen LogP contribution in [-0.4, -0.2) is 0 Å². The third-order valence-corrected chi connectivity index (χ3v) is 15.4. The number of rotatable bonds is 5. The highest BCUT2D eigenvalue weighted by Gasteiger charge is 2.52. The van der Waals surface area contributed by atoms with Gasteiger partial charge in [0.2, 0.25) is 0 Å². The number of benzene rings is 9. The molecule has 0 atom stereocenters. The average Bonchev–Trinajstić information content (AvgIpc) is 3.89. The zero-order chi connectivity index (χ0) is 46.0. The zero-order valence-corrected chi connectivity index (χ0v) is 40.0. The Hall–Kier alpha value is -7.22. The number of fused-ring (bicyclic) bond motifs is 13. The summed E-state index contributed by atoms with van der Waals surface area (Å²) in [4.78, 5) is 2.45. The van der Waals surface area contributed by atoms with Gasteiger partial charge in [0.05, 0.1) is 5.41 Å². The first kappa shape index (κ1) is 41.2. The van der Waals surface area contributed by atoms with Gasteiger partial charge < -0.3 is 4.90 Å². The second-order valence-electron chi connectivity index (χ2n) is 21.8. The molecule has 1 spiro atoms. The van der Waals surface area contributed by atoms with Crippen LogP contribution >= 0.6 is 0 Å². The van der Waals surface area contributed by atoms with Crippen LogP contribution in [0.2, 0.25) is 0 Å². The molecule has 0 saturated carbocycles. The lowest BCUT2D eigenvalue weighted by atomic mass is 9.68. The van der Waals surface area contributed by atoms with Crippen LogP contribution in [0.3, 0.4) is 0 Å². The van der Waals surface area contributed by atoms with E-state index in [-0.39, 0.29) is 16.2 Å². The molecule has 0 bridgehead atoms. The summed E-state index contributed by atoms with van der Waals surface area (Å²) in [6.45, 7) is 18.8. The van der Waals surface area contributed by atoms with Crippen LogP contribution in [0, 0.1) is 0 Å². The molecule has 0 amide bonds. The summed E-state index contributed by atoms with van der Waals surface area (Å²) in [5.41, 5.74) is 26.7. The maximum absolute atomic E-state index is 2.54. The molecule has 0 fully saturated rings. The van der Waals surface area contributed by atoms with Gasteiger partial charge in [-0.15, -0.1) is 0 Å². The van der Waals surface area contributed by atoms with Crippen LogP contribution in [0.1, 0.15) is 99.9 Å². The molecule has 67 heavy (non-hydrogen) atoms. The fourth-order valence-corrected chi connectivity index (χ4v) is 11.8. The third kappa shape index (κ3) is 6.20. The molecule has 326 valence electrons. The van der Waals surface area contributed by atoms with Crippen LogP contribution in [0.5, 0.6) is 0 Å². The Kier molecular flexibility index (Phi) is 9.01. The predicted molar refractivity (Wildman–Crippen MR) is 283 cm³/mol. The smallest absolute Gasteiger partial charge is 0.0725 e. The Bertz CT molecular complexity index is 3380. The predicted octanol–water partition coefficient (Wildman–Crippen LogP) is 17.7.